The molecule has 12 heavy (non-hydrogen) atoms. The van der Waals surface area contributed by atoms with E-state index in [-0.39, 0.29) is 11.2 Å². The van der Waals surface area contributed by atoms with Crippen LogP contribution in [0.4, 0.5) is 0 Å². The number of ketones is 1. The van der Waals surface area contributed by atoms with Crippen molar-refractivity contribution in [1.29, 1.82) is 0 Å². The third kappa shape index (κ3) is 1.20. The van der Waals surface area contributed by atoms with Gasteiger partial charge in [0, 0.05) is 0 Å². The first-order chi connectivity index (χ1) is 5.77. The molecule has 1 aliphatic heterocycles. The number of rotatable bonds is 0. The minimum Gasteiger partial charge on any atom is -0.479 e. The molecule has 0 aromatic heterocycles. The first-order valence-corrected chi connectivity index (χ1v) is 4.26. The van der Waals surface area contributed by atoms with Gasteiger partial charge in [0.05, 0.1) is 12.0 Å². The van der Waals surface area contributed by atoms with Crippen LogP contribution < -0.4 is 4.74 Å². The predicted molar refractivity (Wildman–Crippen MR) is 48.8 cm³/mol. The highest BCUT2D eigenvalue weighted by molar-refractivity contribution is 7.80. The van der Waals surface area contributed by atoms with E-state index in [1.54, 1.807) is 12.1 Å². The average Bonchev–Trinajstić information content (AvgIpc) is 2.04. The number of fused-ring (bicyclic) bond motifs is 1. The maximum absolute atomic E-state index is 11.4. The summed E-state index contributed by atoms with van der Waals surface area (Å²) in [6.45, 7) is 0. The minimum atomic E-state index is -0.285. The van der Waals surface area contributed by atoms with Gasteiger partial charge in [0.2, 0.25) is 0 Å². The lowest BCUT2D eigenvalue weighted by atomic mass is 10.1. The number of carbonyl (C=O) groups is 1. The third-order valence-corrected chi connectivity index (χ3v) is 2.10. The molecule has 0 saturated carbocycles. The van der Waals surface area contributed by atoms with Crippen LogP contribution in [0.15, 0.2) is 24.3 Å². The fourth-order valence-electron chi connectivity index (χ4n) is 1.26. The largest absolute Gasteiger partial charge is 0.479 e. The van der Waals surface area contributed by atoms with Gasteiger partial charge in [-0.1, -0.05) is 12.1 Å². The van der Waals surface area contributed by atoms with Crippen LogP contribution in [0.1, 0.15) is 16.8 Å². The second-order valence-electron chi connectivity index (χ2n) is 2.70. The standard InChI is InChI=1S/C9H8O2S/c10-7-5-9(12)11-8-4-2-1-3-6(7)8/h1-4,9,12H,5H2/t9-/m1/s1. The van der Waals surface area contributed by atoms with E-state index in [2.05, 4.69) is 12.6 Å². The highest BCUT2D eigenvalue weighted by Crippen LogP contribution is 2.27. The summed E-state index contributed by atoms with van der Waals surface area (Å²) < 4.78 is 5.35. The van der Waals surface area contributed by atoms with Crippen LogP contribution >= 0.6 is 12.6 Å². The molecular weight excluding hydrogens is 172 g/mol. The Balaban J connectivity index is 2.47. The SMILES string of the molecule is O=C1C[C@@H](S)Oc2ccccc21. The van der Waals surface area contributed by atoms with Gasteiger partial charge in [-0.05, 0) is 12.1 Å². The molecule has 0 N–H and O–H groups in total. The van der Waals surface area contributed by atoms with Crippen LogP contribution in [-0.4, -0.2) is 11.2 Å². The highest BCUT2D eigenvalue weighted by atomic mass is 32.1. The van der Waals surface area contributed by atoms with E-state index in [0.29, 0.717) is 17.7 Å². The molecule has 1 heterocycles. The van der Waals surface area contributed by atoms with Gasteiger partial charge in [-0.2, -0.15) is 0 Å². The second kappa shape index (κ2) is 2.83. The van der Waals surface area contributed by atoms with Gasteiger partial charge < -0.3 is 4.74 Å². The van der Waals surface area contributed by atoms with Gasteiger partial charge in [0.1, 0.15) is 11.2 Å². The van der Waals surface area contributed by atoms with E-state index in [0.717, 1.165) is 0 Å². The van der Waals surface area contributed by atoms with Crippen molar-refractivity contribution in [3.63, 3.8) is 0 Å². The molecule has 2 nitrogen and oxygen atoms in total. The van der Waals surface area contributed by atoms with Crippen molar-refractivity contribution in [1.82, 2.24) is 0 Å². The summed E-state index contributed by atoms with van der Waals surface area (Å²) in [7, 11) is 0. The van der Waals surface area contributed by atoms with E-state index in [1.807, 2.05) is 12.1 Å². The zero-order valence-corrected chi connectivity index (χ0v) is 7.25. The summed E-state index contributed by atoms with van der Waals surface area (Å²) >= 11 is 4.10. The quantitative estimate of drug-likeness (QED) is 0.617. The Morgan fingerprint density at radius 3 is 3.00 bits per heavy atom. The van der Waals surface area contributed by atoms with Crippen molar-refractivity contribution < 1.29 is 9.53 Å². The molecule has 0 fully saturated rings. The van der Waals surface area contributed by atoms with Crippen LogP contribution in [0.3, 0.4) is 0 Å². The monoisotopic (exact) mass is 180 g/mol. The highest BCUT2D eigenvalue weighted by Gasteiger charge is 2.22. The molecule has 0 amide bonds. The summed E-state index contributed by atoms with van der Waals surface area (Å²) in [5.74, 6) is 0.755. The Hall–Kier alpha value is -0.960. The minimum absolute atomic E-state index is 0.108. The summed E-state index contributed by atoms with van der Waals surface area (Å²) in [4.78, 5) is 11.4. The molecule has 1 aliphatic rings. The molecule has 3 heteroatoms. The van der Waals surface area contributed by atoms with E-state index in [4.69, 9.17) is 4.74 Å². The number of hydrogen-bond donors (Lipinski definition) is 1. The van der Waals surface area contributed by atoms with Crippen molar-refractivity contribution in [2.45, 2.75) is 11.9 Å². The lowest BCUT2D eigenvalue weighted by molar-refractivity contribution is 0.0918. The summed E-state index contributed by atoms with van der Waals surface area (Å²) in [5, 5.41) is 0. The van der Waals surface area contributed by atoms with Crippen LogP contribution in [0, 0.1) is 0 Å². The van der Waals surface area contributed by atoms with Gasteiger partial charge >= 0.3 is 0 Å². The van der Waals surface area contributed by atoms with Gasteiger partial charge in [0.15, 0.2) is 5.78 Å². The topological polar surface area (TPSA) is 26.3 Å². The number of hydrogen-bond acceptors (Lipinski definition) is 3. The molecule has 0 bridgehead atoms. The maximum atomic E-state index is 11.4. The van der Waals surface area contributed by atoms with Gasteiger partial charge in [-0.3, -0.25) is 4.79 Å². The van der Waals surface area contributed by atoms with Gasteiger partial charge in [-0.25, -0.2) is 0 Å². The molecule has 0 saturated heterocycles. The molecule has 62 valence electrons. The Kier molecular flexibility index (Phi) is 1.81. The van der Waals surface area contributed by atoms with E-state index < -0.39 is 0 Å². The number of benzene rings is 1. The molecule has 1 atom stereocenters. The molecular formula is C9H8O2S. The van der Waals surface area contributed by atoms with Crippen molar-refractivity contribution in [3.05, 3.63) is 29.8 Å². The Morgan fingerprint density at radius 2 is 2.17 bits per heavy atom. The van der Waals surface area contributed by atoms with E-state index in [9.17, 15) is 4.79 Å². The lowest BCUT2D eigenvalue weighted by Gasteiger charge is -2.20. The molecule has 0 spiro atoms. The molecule has 2 rings (SSSR count). The third-order valence-electron chi connectivity index (χ3n) is 1.81. The number of thiol groups is 1. The van der Waals surface area contributed by atoms with Crippen LogP contribution in [0.5, 0.6) is 5.75 Å². The number of carbonyl (C=O) groups excluding carboxylic acids is 1. The van der Waals surface area contributed by atoms with E-state index in [1.165, 1.54) is 0 Å². The van der Waals surface area contributed by atoms with Crippen molar-refractivity contribution in [2.24, 2.45) is 0 Å². The predicted octanol–water partition coefficient (Wildman–Crippen LogP) is 1.91. The Morgan fingerprint density at radius 1 is 1.42 bits per heavy atom. The number of ether oxygens (including phenoxy) is 1. The Labute approximate surface area is 76.0 Å². The fraction of sp³-hybridized carbons (Fsp3) is 0.222. The number of para-hydroxylation sites is 1. The van der Waals surface area contributed by atoms with Crippen LogP contribution in [-0.2, 0) is 0 Å². The van der Waals surface area contributed by atoms with Gasteiger partial charge in [0.25, 0.3) is 0 Å². The van der Waals surface area contributed by atoms with Crippen LogP contribution in [0.25, 0.3) is 0 Å². The zero-order valence-electron chi connectivity index (χ0n) is 6.36. The first-order valence-electron chi connectivity index (χ1n) is 3.74. The first kappa shape index (κ1) is 7.68. The average molecular weight is 180 g/mol. The fourth-order valence-corrected chi connectivity index (χ4v) is 1.54. The molecule has 0 radical (unpaired) electrons. The van der Waals surface area contributed by atoms with Gasteiger partial charge in [-0.15, -0.1) is 12.6 Å². The Bertz CT molecular complexity index is 322. The molecule has 1 aromatic rings. The summed E-state index contributed by atoms with van der Waals surface area (Å²) in [5.41, 5.74) is 0.384. The van der Waals surface area contributed by atoms with Crippen molar-refractivity contribution in [2.75, 3.05) is 0 Å². The molecule has 1 aromatic carbocycles. The molecule has 0 aliphatic carbocycles. The molecule has 0 unspecified atom stereocenters. The normalized spacial score (nSPS) is 21.4. The van der Waals surface area contributed by atoms with Crippen LogP contribution in [0.2, 0.25) is 0 Å². The smallest absolute Gasteiger partial charge is 0.171 e. The summed E-state index contributed by atoms with van der Waals surface area (Å²) in [6, 6.07) is 7.24. The van der Waals surface area contributed by atoms with Crippen molar-refractivity contribution in [3.8, 4) is 5.75 Å². The second-order valence-corrected chi connectivity index (χ2v) is 3.27. The van der Waals surface area contributed by atoms with Crippen molar-refractivity contribution >= 4 is 18.4 Å². The summed E-state index contributed by atoms with van der Waals surface area (Å²) in [6.07, 6.45) is 0.361. The lowest BCUT2D eigenvalue weighted by Crippen LogP contribution is -2.21. The van der Waals surface area contributed by atoms with E-state index >= 15 is 0 Å². The zero-order chi connectivity index (χ0) is 8.55. The maximum Gasteiger partial charge on any atom is 0.171 e. The number of Topliss-reactive ketones (excluding diaryl/α,β-unsaturated/α-hetero) is 1.